The first-order chi connectivity index (χ1) is 10.3. The molecule has 1 saturated carbocycles. The Morgan fingerprint density at radius 1 is 1.14 bits per heavy atom. The Morgan fingerprint density at radius 2 is 1.95 bits per heavy atom. The van der Waals surface area contributed by atoms with Gasteiger partial charge in [0.15, 0.2) is 0 Å². The van der Waals surface area contributed by atoms with Gasteiger partial charge in [-0.05, 0) is 32.1 Å². The molecule has 21 heavy (non-hydrogen) atoms. The van der Waals surface area contributed by atoms with Gasteiger partial charge in [-0.25, -0.2) is 9.97 Å². The molecule has 4 heteroatoms. The van der Waals surface area contributed by atoms with Crippen molar-refractivity contribution in [2.24, 2.45) is 0 Å². The molecular formula is C17H30N4. The van der Waals surface area contributed by atoms with Gasteiger partial charge in [0.2, 0.25) is 0 Å². The van der Waals surface area contributed by atoms with Crippen LogP contribution in [0.1, 0.15) is 64.9 Å². The van der Waals surface area contributed by atoms with Gasteiger partial charge in [-0.2, -0.15) is 0 Å². The molecule has 0 amide bonds. The van der Waals surface area contributed by atoms with Crippen LogP contribution in [0, 0.1) is 0 Å². The van der Waals surface area contributed by atoms with Crippen molar-refractivity contribution in [1.82, 2.24) is 9.97 Å². The van der Waals surface area contributed by atoms with E-state index in [4.69, 9.17) is 0 Å². The molecule has 0 unspecified atom stereocenters. The van der Waals surface area contributed by atoms with E-state index in [0.29, 0.717) is 6.04 Å². The summed E-state index contributed by atoms with van der Waals surface area (Å²) in [6.07, 6.45) is 10.1. The normalized spacial score (nSPS) is 14.2. The zero-order valence-corrected chi connectivity index (χ0v) is 13.9. The number of anilines is 2. The molecular weight excluding hydrogens is 260 g/mol. The highest BCUT2D eigenvalue weighted by Crippen LogP contribution is 2.34. The van der Waals surface area contributed by atoms with Gasteiger partial charge < -0.3 is 10.2 Å². The Kier molecular flexibility index (Phi) is 6.27. The fourth-order valence-corrected chi connectivity index (χ4v) is 2.70. The Hall–Kier alpha value is -1.32. The highest BCUT2D eigenvalue weighted by Gasteiger charge is 2.31. The number of unbranched alkanes of at least 4 members (excludes halogenated alkanes) is 1. The van der Waals surface area contributed by atoms with Crippen molar-refractivity contribution in [3.8, 4) is 0 Å². The third-order valence-corrected chi connectivity index (χ3v) is 3.98. The van der Waals surface area contributed by atoms with Crippen LogP contribution in [0.5, 0.6) is 0 Å². The van der Waals surface area contributed by atoms with E-state index in [2.05, 4.69) is 41.0 Å². The number of aromatic nitrogens is 2. The topological polar surface area (TPSA) is 41.1 Å². The lowest BCUT2D eigenvalue weighted by Gasteiger charge is -2.26. The van der Waals surface area contributed by atoms with Gasteiger partial charge in [-0.3, -0.25) is 0 Å². The molecule has 118 valence electrons. The van der Waals surface area contributed by atoms with Crippen LogP contribution in [0.2, 0.25) is 0 Å². The van der Waals surface area contributed by atoms with Crippen LogP contribution in [0.25, 0.3) is 0 Å². The van der Waals surface area contributed by atoms with Gasteiger partial charge in [-0.1, -0.05) is 33.6 Å². The Labute approximate surface area is 129 Å². The van der Waals surface area contributed by atoms with Crippen LogP contribution in [-0.4, -0.2) is 29.1 Å². The Balaban J connectivity index is 2.25. The maximum atomic E-state index is 4.66. The number of rotatable bonds is 10. The molecule has 1 heterocycles. The molecule has 0 atom stereocenters. The third-order valence-electron chi connectivity index (χ3n) is 3.98. The quantitative estimate of drug-likeness (QED) is 0.706. The lowest BCUT2D eigenvalue weighted by molar-refractivity contribution is 0.697. The largest absolute Gasteiger partial charge is 0.370 e. The van der Waals surface area contributed by atoms with Crippen LogP contribution in [-0.2, 0) is 6.42 Å². The van der Waals surface area contributed by atoms with E-state index in [-0.39, 0.29) is 0 Å². The van der Waals surface area contributed by atoms with Crippen LogP contribution >= 0.6 is 0 Å². The fourth-order valence-electron chi connectivity index (χ4n) is 2.70. The summed E-state index contributed by atoms with van der Waals surface area (Å²) in [5, 5.41) is 3.48. The summed E-state index contributed by atoms with van der Waals surface area (Å²) >= 11 is 0. The van der Waals surface area contributed by atoms with Crippen molar-refractivity contribution in [3.05, 3.63) is 11.9 Å². The molecule has 0 spiro atoms. The third kappa shape index (κ3) is 4.32. The Bertz CT molecular complexity index is 429. The second kappa shape index (κ2) is 8.20. The zero-order valence-electron chi connectivity index (χ0n) is 13.9. The highest BCUT2D eigenvalue weighted by atomic mass is 15.2. The van der Waals surface area contributed by atoms with Gasteiger partial charge >= 0.3 is 0 Å². The minimum absolute atomic E-state index is 0.709. The van der Waals surface area contributed by atoms with Crippen LogP contribution in [0.15, 0.2) is 6.33 Å². The number of nitrogens with zero attached hydrogens (tertiary/aromatic N) is 3. The molecule has 0 aromatic carbocycles. The van der Waals surface area contributed by atoms with Crippen molar-refractivity contribution in [3.63, 3.8) is 0 Å². The van der Waals surface area contributed by atoms with E-state index >= 15 is 0 Å². The van der Waals surface area contributed by atoms with Gasteiger partial charge in [0.1, 0.15) is 18.0 Å². The fraction of sp³-hybridized carbons (Fsp3) is 0.765. The van der Waals surface area contributed by atoms with Crippen molar-refractivity contribution in [2.75, 3.05) is 23.3 Å². The van der Waals surface area contributed by atoms with Gasteiger partial charge in [0.05, 0.1) is 0 Å². The van der Waals surface area contributed by atoms with E-state index in [1.807, 2.05) is 0 Å². The summed E-state index contributed by atoms with van der Waals surface area (Å²) in [5.74, 6) is 2.23. The second-order valence-electron chi connectivity index (χ2n) is 5.98. The van der Waals surface area contributed by atoms with E-state index in [9.17, 15) is 0 Å². The van der Waals surface area contributed by atoms with Crippen molar-refractivity contribution >= 4 is 11.6 Å². The van der Waals surface area contributed by atoms with Crippen molar-refractivity contribution in [2.45, 2.75) is 71.8 Å². The standard InChI is InChI=1S/C17H30N4/c1-4-7-12-21(14-9-10-14)17-15(8-5-2)16(18-11-6-3)19-13-20-17/h13-14H,4-12H2,1-3H3,(H,18,19,20). The summed E-state index contributed by atoms with van der Waals surface area (Å²) in [5.41, 5.74) is 1.32. The number of hydrogen-bond acceptors (Lipinski definition) is 4. The van der Waals surface area contributed by atoms with Crippen LogP contribution < -0.4 is 10.2 Å². The summed E-state index contributed by atoms with van der Waals surface area (Å²) in [7, 11) is 0. The average molecular weight is 290 g/mol. The molecule has 0 saturated heterocycles. The molecule has 2 rings (SSSR count). The average Bonchev–Trinajstić information content (AvgIpc) is 3.32. The lowest BCUT2D eigenvalue weighted by Crippen LogP contribution is -2.29. The van der Waals surface area contributed by atoms with Crippen molar-refractivity contribution in [1.29, 1.82) is 0 Å². The predicted molar refractivity (Wildman–Crippen MR) is 90.1 cm³/mol. The summed E-state index contributed by atoms with van der Waals surface area (Å²) in [6.45, 7) is 8.78. The maximum Gasteiger partial charge on any atom is 0.137 e. The molecule has 1 aromatic heterocycles. The summed E-state index contributed by atoms with van der Waals surface area (Å²) in [6, 6.07) is 0.709. The first kappa shape index (κ1) is 16.1. The number of hydrogen-bond donors (Lipinski definition) is 1. The smallest absolute Gasteiger partial charge is 0.137 e. The predicted octanol–water partition coefficient (Wildman–Crippen LogP) is 4.02. The van der Waals surface area contributed by atoms with Crippen molar-refractivity contribution < 1.29 is 0 Å². The van der Waals surface area contributed by atoms with Gasteiger partial charge in [0.25, 0.3) is 0 Å². The first-order valence-electron chi connectivity index (χ1n) is 8.66. The lowest BCUT2D eigenvalue weighted by atomic mass is 10.1. The maximum absolute atomic E-state index is 4.66. The molecule has 0 bridgehead atoms. The van der Waals surface area contributed by atoms with Crippen LogP contribution in [0.4, 0.5) is 11.6 Å². The van der Waals surface area contributed by atoms with E-state index in [1.165, 1.54) is 37.1 Å². The van der Waals surface area contributed by atoms with Gasteiger partial charge in [-0.15, -0.1) is 0 Å². The second-order valence-corrected chi connectivity index (χ2v) is 5.98. The monoisotopic (exact) mass is 290 g/mol. The first-order valence-corrected chi connectivity index (χ1v) is 8.66. The molecule has 4 nitrogen and oxygen atoms in total. The molecule has 1 aromatic rings. The highest BCUT2D eigenvalue weighted by molar-refractivity contribution is 5.59. The number of nitrogens with one attached hydrogen (secondary N) is 1. The molecule has 1 aliphatic rings. The zero-order chi connectivity index (χ0) is 15.1. The SMILES string of the molecule is CCCCN(c1ncnc(NCCC)c1CCC)C1CC1. The van der Waals surface area contributed by atoms with E-state index < -0.39 is 0 Å². The van der Waals surface area contributed by atoms with E-state index in [0.717, 1.165) is 38.2 Å². The molecule has 0 radical (unpaired) electrons. The minimum Gasteiger partial charge on any atom is -0.370 e. The van der Waals surface area contributed by atoms with Gasteiger partial charge in [0, 0.05) is 24.7 Å². The van der Waals surface area contributed by atoms with E-state index in [1.54, 1.807) is 6.33 Å². The molecule has 1 N–H and O–H groups in total. The molecule has 1 fully saturated rings. The molecule has 0 aliphatic heterocycles. The Morgan fingerprint density at radius 3 is 2.57 bits per heavy atom. The summed E-state index contributed by atoms with van der Waals surface area (Å²) in [4.78, 5) is 11.7. The summed E-state index contributed by atoms with van der Waals surface area (Å²) < 4.78 is 0. The minimum atomic E-state index is 0.709. The molecule has 1 aliphatic carbocycles. The van der Waals surface area contributed by atoms with Crippen LogP contribution in [0.3, 0.4) is 0 Å².